The molecule has 0 aliphatic carbocycles. The largest absolute Gasteiger partial charge is 0.490 e. The van der Waals surface area contributed by atoms with E-state index in [1.54, 1.807) is 12.1 Å². The number of halogens is 3. The Bertz CT molecular complexity index is 663. The zero-order chi connectivity index (χ0) is 14.8. The van der Waals surface area contributed by atoms with Gasteiger partial charge in [-0.05, 0) is 51.3 Å². The molecule has 5 heteroatoms. The normalized spacial score (nSPS) is 15.4. The fraction of sp³-hybridized carbons (Fsp3) is 0.250. The van der Waals surface area contributed by atoms with Crippen LogP contribution in [0.15, 0.2) is 40.9 Å². The molecule has 0 fully saturated rings. The van der Waals surface area contributed by atoms with E-state index in [2.05, 4.69) is 15.9 Å². The summed E-state index contributed by atoms with van der Waals surface area (Å²) in [5.41, 5.74) is 1.55. The second kappa shape index (κ2) is 6.24. The lowest BCUT2D eigenvalue weighted by Gasteiger charge is -2.14. The summed E-state index contributed by atoms with van der Waals surface area (Å²) < 4.78 is 25.3. The van der Waals surface area contributed by atoms with Crippen molar-refractivity contribution < 1.29 is 13.9 Å². The molecule has 0 saturated carbocycles. The average molecular weight is 372 g/mol. The Morgan fingerprint density at radius 1 is 1.00 bits per heavy atom. The predicted molar refractivity (Wildman–Crippen MR) is 83.8 cm³/mol. The molecule has 1 aliphatic heterocycles. The lowest BCUT2D eigenvalue weighted by Crippen LogP contribution is -1.98. The highest BCUT2D eigenvalue weighted by Crippen LogP contribution is 2.37. The van der Waals surface area contributed by atoms with Crippen molar-refractivity contribution >= 4 is 27.5 Å². The van der Waals surface area contributed by atoms with Crippen molar-refractivity contribution in [2.24, 2.45) is 0 Å². The zero-order valence-corrected chi connectivity index (χ0v) is 13.5. The van der Waals surface area contributed by atoms with Crippen molar-refractivity contribution in [2.45, 2.75) is 11.8 Å². The van der Waals surface area contributed by atoms with Gasteiger partial charge in [-0.15, -0.1) is 11.6 Å². The molecule has 1 heterocycles. The molecule has 2 aromatic carbocycles. The molecule has 110 valence electrons. The first-order chi connectivity index (χ1) is 10.1. The van der Waals surface area contributed by atoms with Crippen LogP contribution in [0.4, 0.5) is 4.39 Å². The van der Waals surface area contributed by atoms with Crippen LogP contribution in [0, 0.1) is 5.82 Å². The minimum Gasteiger partial charge on any atom is -0.490 e. The van der Waals surface area contributed by atoms with Gasteiger partial charge in [0, 0.05) is 6.42 Å². The van der Waals surface area contributed by atoms with Gasteiger partial charge < -0.3 is 9.47 Å². The van der Waals surface area contributed by atoms with Crippen LogP contribution in [0.1, 0.15) is 22.9 Å². The average Bonchev–Trinajstić information content (AvgIpc) is 2.73. The Labute approximate surface area is 136 Å². The van der Waals surface area contributed by atoms with Gasteiger partial charge in [0.05, 0.1) is 23.1 Å². The first-order valence-corrected chi connectivity index (χ1v) is 7.86. The smallest absolute Gasteiger partial charge is 0.161 e. The number of hydrogen-bond acceptors (Lipinski definition) is 2. The van der Waals surface area contributed by atoms with Gasteiger partial charge in [-0.2, -0.15) is 0 Å². The van der Waals surface area contributed by atoms with Crippen LogP contribution >= 0.6 is 27.5 Å². The zero-order valence-electron chi connectivity index (χ0n) is 11.1. The van der Waals surface area contributed by atoms with Gasteiger partial charge in [0.25, 0.3) is 0 Å². The lowest BCUT2D eigenvalue weighted by atomic mass is 10.0. The minimum atomic E-state index is -0.440. The Morgan fingerprint density at radius 3 is 2.43 bits per heavy atom. The van der Waals surface area contributed by atoms with Crippen molar-refractivity contribution in [2.75, 3.05) is 13.2 Å². The van der Waals surface area contributed by atoms with E-state index in [1.807, 2.05) is 18.2 Å². The quantitative estimate of drug-likeness (QED) is 0.686. The van der Waals surface area contributed by atoms with Crippen LogP contribution in [-0.4, -0.2) is 13.2 Å². The molecule has 0 N–H and O–H groups in total. The van der Waals surface area contributed by atoms with E-state index in [-0.39, 0.29) is 5.82 Å². The molecule has 1 aliphatic rings. The summed E-state index contributed by atoms with van der Waals surface area (Å²) in [7, 11) is 0. The third-order valence-corrected chi connectivity index (χ3v) is 4.45. The summed E-state index contributed by atoms with van der Waals surface area (Å²) in [5.74, 6) is 1.09. The highest BCUT2D eigenvalue weighted by molar-refractivity contribution is 9.10. The van der Waals surface area contributed by atoms with Crippen LogP contribution in [0.5, 0.6) is 11.5 Å². The van der Waals surface area contributed by atoms with Crippen molar-refractivity contribution in [3.8, 4) is 11.5 Å². The molecule has 21 heavy (non-hydrogen) atoms. The van der Waals surface area contributed by atoms with Crippen LogP contribution in [0.25, 0.3) is 0 Å². The van der Waals surface area contributed by atoms with Gasteiger partial charge in [-0.1, -0.05) is 12.1 Å². The van der Waals surface area contributed by atoms with E-state index in [0.29, 0.717) is 29.0 Å². The second-order valence-corrected chi connectivity index (χ2v) is 6.08. The van der Waals surface area contributed by atoms with Crippen LogP contribution < -0.4 is 9.47 Å². The summed E-state index contributed by atoms with van der Waals surface area (Å²) in [4.78, 5) is 0. The van der Waals surface area contributed by atoms with Crippen molar-refractivity contribution in [3.05, 3.63) is 57.8 Å². The summed E-state index contributed by atoms with van der Waals surface area (Å²) in [6, 6.07) is 10.5. The van der Waals surface area contributed by atoms with Gasteiger partial charge >= 0.3 is 0 Å². The minimum absolute atomic E-state index is 0.326. The first-order valence-electron chi connectivity index (χ1n) is 6.64. The van der Waals surface area contributed by atoms with Crippen molar-refractivity contribution in [1.29, 1.82) is 0 Å². The molecule has 2 nitrogen and oxygen atoms in total. The monoisotopic (exact) mass is 370 g/mol. The fourth-order valence-electron chi connectivity index (χ4n) is 2.20. The maximum Gasteiger partial charge on any atom is 0.161 e. The molecule has 1 atom stereocenters. The molecule has 2 aromatic rings. The van der Waals surface area contributed by atoms with Crippen LogP contribution in [0.3, 0.4) is 0 Å². The predicted octanol–water partition coefficient (Wildman–Crippen LogP) is 5.08. The first kappa shape index (κ1) is 14.7. The molecular formula is C16H13BrClFO2. The van der Waals surface area contributed by atoms with Gasteiger partial charge in [0.15, 0.2) is 11.5 Å². The topological polar surface area (TPSA) is 18.5 Å². The lowest BCUT2D eigenvalue weighted by molar-refractivity contribution is 0.297. The van der Waals surface area contributed by atoms with E-state index in [9.17, 15) is 4.39 Å². The number of alkyl halides is 1. The Balaban J connectivity index is 1.92. The number of ether oxygens (including phenoxy) is 2. The molecule has 1 unspecified atom stereocenters. The van der Waals surface area contributed by atoms with E-state index in [1.165, 1.54) is 6.07 Å². The van der Waals surface area contributed by atoms with E-state index >= 15 is 0 Å². The number of rotatable bonds is 2. The maximum absolute atomic E-state index is 13.6. The highest BCUT2D eigenvalue weighted by Gasteiger charge is 2.17. The Hall–Kier alpha value is -1.26. The molecule has 3 rings (SSSR count). The molecule has 0 radical (unpaired) electrons. The van der Waals surface area contributed by atoms with E-state index < -0.39 is 5.38 Å². The van der Waals surface area contributed by atoms with Gasteiger partial charge in [0.1, 0.15) is 5.82 Å². The standard InChI is InChI=1S/C16H13BrClFO2/c17-12-4-2-10(8-13(12)19)16(18)11-3-5-14-15(9-11)21-7-1-6-20-14/h2-5,8-9,16H,1,6-7H2. The summed E-state index contributed by atoms with van der Waals surface area (Å²) in [6.45, 7) is 1.27. The van der Waals surface area contributed by atoms with Crippen LogP contribution in [0.2, 0.25) is 0 Å². The van der Waals surface area contributed by atoms with E-state index in [0.717, 1.165) is 17.7 Å². The number of fused-ring (bicyclic) bond motifs is 1. The highest BCUT2D eigenvalue weighted by atomic mass is 79.9. The molecular weight excluding hydrogens is 359 g/mol. The Kier molecular flexibility index (Phi) is 4.36. The molecule has 0 aromatic heterocycles. The van der Waals surface area contributed by atoms with Gasteiger partial charge in [-0.3, -0.25) is 0 Å². The number of benzene rings is 2. The van der Waals surface area contributed by atoms with Crippen molar-refractivity contribution in [3.63, 3.8) is 0 Å². The molecule has 0 spiro atoms. The maximum atomic E-state index is 13.6. The molecule has 0 amide bonds. The SMILES string of the molecule is Fc1cc(C(Cl)c2ccc3c(c2)OCCCO3)ccc1Br. The van der Waals surface area contributed by atoms with E-state index in [4.69, 9.17) is 21.1 Å². The third-order valence-electron chi connectivity index (χ3n) is 3.30. The summed E-state index contributed by atoms with van der Waals surface area (Å²) in [6.07, 6.45) is 0.853. The number of hydrogen-bond donors (Lipinski definition) is 0. The molecule has 0 bridgehead atoms. The van der Waals surface area contributed by atoms with Crippen molar-refractivity contribution in [1.82, 2.24) is 0 Å². The van der Waals surface area contributed by atoms with Crippen LogP contribution in [-0.2, 0) is 0 Å². The summed E-state index contributed by atoms with van der Waals surface area (Å²) in [5, 5.41) is -0.440. The van der Waals surface area contributed by atoms with Gasteiger partial charge in [0.2, 0.25) is 0 Å². The van der Waals surface area contributed by atoms with Gasteiger partial charge in [-0.25, -0.2) is 4.39 Å². The summed E-state index contributed by atoms with van der Waals surface area (Å²) >= 11 is 9.60. The Morgan fingerprint density at radius 2 is 1.67 bits per heavy atom. The molecule has 0 saturated heterocycles. The second-order valence-electron chi connectivity index (χ2n) is 4.79. The fourth-order valence-corrected chi connectivity index (χ4v) is 2.72. The third kappa shape index (κ3) is 3.16.